The molecule has 1 heterocycles. The van der Waals surface area contributed by atoms with Crippen molar-refractivity contribution in [1.82, 2.24) is 15.5 Å². The van der Waals surface area contributed by atoms with Crippen LogP contribution in [0.3, 0.4) is 0 Å². The Labute approximate surface area is 106 Å². The van der Waals surface area contributed by atoms with Gasteiger partial charge >= 0.3 is 0 Å². The molecule has 3 nitrogen and oxygen atoms in total. The first kappa shape index (κ1) is 12.2. The van der Waals surface area contributed by atoms with E-state index < -0.39 is 0 Å². The molecule has 0 aliphatic carbocycles. The third-order valence-corrected chi connectivity index (χ3v) is 3.41. The van der Waals surface area contributed by atoms with Crippen molar-refractivity contribution >= 4 is 11.3 Å². The fourth-order valence-corrected chi connectivity index (χ4v) is 2.36. The molecule has 0 atom stereocenters. The maximum absolute atomic E-state index is 4.22. The van der Waals surface area contributed by atoms with Gasteiger partial charge in [0.15, 0.2) is 0 Å². The van der Waals surface area contributed by atoms with Crippen molar-refractivity contribution in [3.8, 4) is 10.6 Å². The van der Waals surface area contributed by atoms with E-state index in [-0.39, 0.29) is 0 Å². The van der Waals surface area contributed by atoms with Crippen LogP contribution in [0.15, 0.2) is 30.3 Å². The van der Waals surface area contributed by atoms with Crippen molar-refractivity contribution in [2.24, 2.45) is 0 Å². The predicted molar refractivity (Wildman–Crippen MR) is 72.2 cm³/mol. The molecule has 90 valence electrons. The smallest absolute Gasteiger partial charge is 0.147 e. The highest BCUT2D eigenvalue weighted by molar-refractivity contribution is 7.14. The van der Waals surface area contributed by atoms with E-state index in [9.17, 15) is 0 Å². The average Bonchev–Trinajstić information content (AvgIpc) is 2.78. The Kier molecular flexibility index (Phi) is 4.23. The van der Waals surface area contributed by atoms with E-state index in [0.717, 1.165) is 28.5 Å². The summed E-state index contributed by atoms with van der Waals surface area (Å²) in [6, 6.07) is 10.7. The quantitative estimate of drug-likeness (QED) is 0.883. The van der Waals surface area contributed by atoms with E-state index in [1.165, 1.54) is 0 Å². The summed E-state index contributed by atoms with van der Waals surface area (Å²) in [4.78, 5) is 0. The molecule has 1 aromatic carbocycles. The Morgan fingerprint density at radius 3 is 2.65 bits per heavy atom. The van der Waals surface area contributed by atoms with Crippen LogP contribution in [0.25, 0.3) is 10.6 Å². The Hall–Kier alpha value is -1.26. The second-order valence-corrected chi connectivity index (χ2v) is 5.29. The van der Waals surface area contributed by atoms with Gasteiger partial charge in [-0.3, -0.25) is 0 Å². The first-order chi connectivity index (χ1) is 8.25. The molecule has 0 spiro atoms. The molecule has 0 unspecified atom stereocenters. The van der Waals surface area contributed by atoms with Gasteiger partial charge < -0.3 is 5.32 Å². The van der Waals surface area contributed by atoms with Crippen LogP contribution in [0.5, 0.6) is 0 Å². The monoisotopic (exact) mass is 247 g/mol. The van der Waals surface area contributed by atoms with E-state index in [0.29, 0.717) is 6.04 Å². The van der Waals surface area contributed by atoms with Gasteiger partial charge in [-0.1, -0.05) is 55.5 Å². The highest BCUT2D eigenvalue weighted by atomic mass is 32.1. The number of nitrogens with one attached hydrogen (secondary N) is 1. The zero-order chi connectivity index (χ0) is 12.1. The third kappa shape index (κ3) is 3.61. The van der Waals surface area contributed by atoms with Crippen LogP contribution in [0.4, 0.5) is 0 Å². The molecule has 1 aromatic heterocycles. The molecule has 2 rings (SSSR count). The Morgan fingerprint density at radius 2 is 1.94 bits per heavy atom. The summed E-state index contributed by atoms with van der Waals surface area (Å²) in [5.41, 5.74) is 1.15. The second kappa shape index (κ2) is 5.89. The minimum atomic E-state index is 0.525. The molecule has 0 fully saturated rings. The first-order valence-corrected chi connectivity index (χ1v) is 6.68. The van der Waals surface area contributed by atoms with Crippen LogP contribution in [0.1, 0.15) is 18.9 Å². The third-order valence-electron chi connectivity index (χ3n) is 2.38. The lowest BCUT2D eigenvalue weighted by Gasteiger charge is -2.05. The normalized spacial score (nSPS) is 11.0. The van der Waals surface area contributed by atoms with Crippen molar-refractivity contribution in [2.75, 3.05) is 6.54 Å². The number of benzene rings is 1. The van der Waals surface area contributed by atoms with Crippen molar-refractivity contribution in [1.29, 1.82) is 0 Å². The van der Waals surface area contributed by atoms with E-state index in [2.05, 4.69) is 41.5 Å². The molecular weight excluding hydrogens is 230 g/mol. The maximum atomic E-state index is 4.22. The lowest BCUT2D eigenvalue weighted by Crippen LogP contribution is -2.24. The summed E-state index contributed by atoms with van der Waals surface area (Å²) in [7, 11) is 0. The van der Waals surface area contributed by atoms with Crippen LogP contribution in [0.2, 0.25) is 0 Å². The van der Waals surface area contributed by atoms with Gasteiger partial charge in [0.25, 0.3) is 0 Å². The fraction of sp³-hybridized carbons (Fsp3) is 0.385. The highest BCUT2D eigenvalue weighted by Crippen LogP contribution is 2.22. The molecule has 17 heavy (non-hydrogen) atoms. The molecular formula is C13H17N3S. The molecule has 0 amide bonds. The van der Waals surface area contributed by atoms with Crippen LogP contribution in [-0.4, -0.2) is 22.8 Å². The highest BCUT2D eigenvalue weighted by Gasteiger charge is 2.05. The number of hydrogen-bond acceptors (Lipinski definition) is 4. The summed E-state index contributed by atoms with van der Waals surface area (Å²) < 4.78 is 0. The van der Waals surface area contributed by atoms with Gasteiger partial charge in [-0.15, -0.1) is 10.2 Å². The summed E-state index contributed by atoms with van der Waals surface area (Å²) in [5.74, 6) is 0. The molecule has 0 saturated heterocycles. The summed E-state index contributed by atoms with van der Waals surface area (Å²) in [6.07, 6.45) is 0.947. The standard InChI is InChI=1S/C13H17N3S/c1-10(2)14-9-8-12-15-16-13(17-12)11-6-4-3-5-7-11/h3-7,10,14H,8-9H2,1-2H3. The number of aromatic nitrogens is 2. The second-order valence-electron chi connectivity index (χ2n) is 4.23. The minimum Gasteiger partial charge on any atom is -0.314 e. The van der Waals surface area contributed by atoms with E-state index in [1.54, 1.807) is 11.3 Å². The molecule has 0 saturated carbocycles. The number of nitrogens with zero attached hydrogens (tertiary/aromatic N) is 2. The molecule has 1 N–H and O–H groups in total. The van der Waals surface area contributed by atoms with Crippen molar-refractivity contribution in [3.63, 3.8) is 0 Å². The van der Waals surface area contributed by atoms with E-state index >= 15 is 0 Å². The molecule has 4 heteroatoms. The van der Waals surface area contributed by atoms with Gasteiger partial charge in [-0.25, -0.2) is 0 Å². The van der Waals surface area contributed by atoms with Gasteiger partial charge in [0.1, 0.15) is 10.0 Å². The lowest BCUT2D eigenvalue weighted by atomic mass is 10.2. The van der Waals surface area contributed by atoms with Gasteiger partial charge in [0.05, 0.1) is 0 Å². The minimum absolute atomic E-state index is 0.525. The maximum Gasteiger partial charge on any atom is 0.147 e. The molecule has 2 aromatic rings. The Bertz CT molecular complexity index is 451. The predicted octanol–water partition coefficient (Wildman–Crippen LogP) is 2.75. The summed E-state index contributed by atoms with van der Waals surface area (Å²) in [5, 5.41) is 13.9. The van der Waals surface area contributed by atoms with Gasteiger partial charge in [-0.05, 0) is 0 Å². The number of rotatable bonds is 5. The van der Waals surface area contributed by atoms with Crippen molar-refractivity contribution in [3.05, 3.63) is 35.3 Å². The van der Waals surface area contributed by atoms with Gasteiger partial charge in [0, 0.05) is 24.6 Å². The van der Waals surface area contributed by atoms with Crippen LogP contribution >= 0.6 is 11.3 Å². The van der Waals surface area contributed by atoms with Gasteiger partial charge in [0.2, 0.25) is 0 Å². The van der Waals surface area contributed by atoms with E-state index in [4.69, 9.17) is 0 Å². The Morgan fingerprint density at radius 1 is 1.18 bits per heavy atom. The van der Waals surface area contributed by atoms with Gasteiger partial charge in [-0.2, -0.15) is 0 Å². The summed E-state index contributed by atoms with van der Waals surface area (Å²) >= 11 is 1.68. The molecule has 0 aliphatic heterocycles. The van der Waals surface area contributed by atoms with Crippen molar-refractivity contribution in [2.45, 2.75) is 26.3 Å². The first-order valence-electron chi connectivity index (χ1n) is 5.87. The number of hydrogen-bond donors (Lipinski definition) is 1. The van der Waals surface area contributed by atoms with Crippen LogP contribution in [-0.2, 0) is 6.42 Å². The Balaban J connectivity index is 1.97. The van der Waals surface area contributed by atoms with Crippen LogP contribution in [0, 0.1) is 0 Å². The summed E-state index contributed by atoms with van der Waals surface area (Å²) in [6.45, 7) is 5.26. The zero-order valence-electron chi connectivity index (χ0n) is 10.2. The average molecular weight is 247 g/mol. The SMILES string of the molecule is CC(C)NCCc1nnc(-c2ccccc2)s1. The molecule has 0 aliphatic rings. The molecule has 0 bridgehead atoms. The van der Waals surface area contributed by atoms with Crippen molar-refractivity contribution < 1.29 is 0 Å². The van der Waals surface area contributed by atoms with Crippen LogP contribution < -0.4 is 5.32 Å². The topological polar surface area (TPSA) is 37.8 Å². The fourth-order valence-electron chi connectivity index (χ4n) is 1.52. The zero-order valence-corrected chi connectivity index (χ0v) is 11.0. The molecule has 0 radical (unpaired) electrons. The van der Waals surface area contributed by atoms with E-state index in [1.807, 2.05) is 18.2 Å². The lowest BCUT2D eigenvalue weighted by molar-refractivity contribution is 0.588. The largest absolute Gasteiger partial charge is 0.314 e.